The second-order valence-corrected chi connectivity index (χ2v) is 10.5. The number of benzene rings is 1. The molecule has 2 aromatic rings. The van der Waals surface area contributed by atoms with Crippen LogP contribution in [0.5, 0.6) is 5.75 Å². The van der Waals surface area contributed by atoms with E-state index in [9.17, 15) is 18.0 Å². The molecule has 7 nitrogen and oxygen atoms in total. The van der Waals surface area contributed by atoms with Gasteiger partial charge in [-0.25, -0.2) is 9.97 Å². The topological polar surface area (TPSA) is 61.8 Å². The van der Waals surface area contributed by atoms with Gasteiger partial charge in [-0.1, -0.05) is 12.1 Å². The number of aromatic nitrogens is 2. The lowest BCUT2D eigenvalue weighted by Crippen LogP contribution is -2.62. The Morgan fingerprint density at radius 2 is 1.65 bits per heavy atom. The number of carbonyl (C=O) groups excluding carboxylic acids is 1. The van der Waals surface area contributed by atoms with Crippen LogP contribution in [0.1, 0.15) is 67.0 Å². The van der Waals surface area contributed by atoms with E-state index in [1.807, 2.05) is 18.7 Å². The molecule has 37 heavy (non-hydrogen) atoms. The van der Waals surface area contributed by atoms with Crippen LogP contribution < -0.4 is 4.74 Å². The minimum Gasteiger partial charge on any atom is -0.406 e. The van der Waals surface area contributed by atoms with Crippen LogP contribution in [-0.4, -0.2) is 81.2 Å². The van der Waals surface area contributed by atoms with Crippen LogP contribution in [0, 0.1) is 13.8 Å². The Morgan fingerprint density at radius 1 is 1.05 bits per heavy atom. The predicted octanol–water partition coefficient (Wildman–Crippen LogP) is 4.75. The van der Waals surface area contributed by atoms with Crippen LogP contribution in [0.4, 0.5) is 13.2 Å². The van der Waals surface area contributed by atoms with E-state index in [2.05, 4.69) is 45.3 Å². The summed E-state index contributed by atoms with van der Waals surface area (Å²) >= 11 is 0. The van der Waals surface area contributed by atoms with Crippen molar-refractivity contribution in [1.29, 1.82) is 0 Å². The number of aryl methyl sites for hydroxylation is 2. The molecule has 2 saturated heterocycles. The third-order valence-electron chi connectivity index (χ3n) is 8.10. The quantitative estimate of drug-likeness (QED) is 0.568. The molecule has 3 heterocycles. The third kappa shape index (κ3) is 6.06. The highest BCUT2D eigenvalue weighted by Gasteiger charge is 2.41. The molecule has 0 aliphatic carbocycles. The number of piperazine rings is 1. The first kappa shape index (κ1) is 27.3. The first-order chi connectivity index (χ1) is 17.4. The average Bonchev–Trinajstić information content (AvgIpc) is 2.83. The van der Waals surface area contributed by atoms with Gasteiger partial charge < -0.3 is 9.64 Å². The Labute approximate surface area is 216 Å². The Hall–Kier alpha value is -2.72. The van der Waals surface area contributed by atoms with Crippen molar-refractivity contribution in [2.75, 3.05) is 32.7 Å². The average molecular weight is 520 g/mol. The molecule has 0 bridgehead atoms. The van der Waals surface area contributed by atoms with Gasteiger partial charge in [0.15, 0.2) is 0 Å². The fourth-order valence-electron chi connectivity index (χ4n) is 5.75. The van der Waals surface area contributed by atoms with Crippen LogP contribution in [-0.2, 0) is 0 Å². The summed E-state index contributed by atoms with van der Waals surface area (Å²) < 4.78 is 41.4. The number of carbonyl (C=O) groups is 1. The van der Waals surface area contributed by atoms with Crippen LogP contribution >= 0.6 is 0 Å². The lowest BCUT2D eigenvalue weighted by atomic mass is 9.86. The van der Waals surface area contributed by atoms with Gasteiger partial charge in [-0.05, 0) is 65.2 Å². The molecule has 10 heteroatoms. The van der Waals surface area contributed by atoms with E-state index in [0.717, 1.165) is 38.0 Å². The highest BCUT2D eigenvalue weighted by atomic mass is 19.4. The van der Waals surface area contributed by atoms with Crippen molar-refractivity contribution in [3.05, 3.63) is 53.1 Å². The number of ether oxygens (including phenoxy) is 1. The van der Waals surface area contributed by atoms with Gasteiger partial charge in [-0.15, -0.1) is 13.2 Å². The predicted molar refractivity (Wildman–Crippen MR) is 134 cm³/mol. The van der Waals surface area contributed by atoms with Gasteiger partial charge in [0.05, 0.1) is 17.0 Å². The summed E-state index contributed by atoms with van der Waals surface area (Å²) in [7, 11) is 0. The zero-order valence-corrected chi connectivity index (χ0v) is 22.2. The molecule has 1 amide bonds. The molecular formula is C27H36F3N5O2. The highest BCUT2D eigenvalue weighted by molar-refractivity contribution is 5.96. The lowest BCUT2D eigenvalue weighted by molar-refractivity contribution is -0.274. The standard InChI is InChI=1S/C27H36F3N5O2/c1-18-16-34(14-15-35(18)21(4)22-6-8-23(9-7-22)37-27(28,29)30)26(5)10-12-33(13-11-26)25(36)24-19(2)31-17-32-20(24)3/h6-9,17-18,21H,10-16H2,1-5H3/t18-,21-/m0/s1. The summed E-state index contributed by atoms with van der Waals surface area (Å²) in [6.07, 6.45) is -1.40. The SMILES string of the molecule is Cc1ncnc(C)c1C(=O)N1CCC(C)(N2CCN([C@@H](C)c3ccc(OC(F)(F)F)cc3)[C@@H](C)C2)CC1. The van der Waals surface area contributed by atoms with E-state index < -0.39 is 6.36 Å². The van der Waals surface area contributed by atoms with Crippen molar-refractivity contribution in [3.63, 3.8) is 0 Å². The van der Waals surface area contributed by atoms with Crippen molar-refractivity contribution < 1.29 is 22.7 Å². The molecule has 0 N–H and O–H groups in total. The molecule has 0 saturated carbocycles. The van der Waals surface area contributed by atoms with Gasteiger partial charge in [0, 0.05) is 50.3 Å². The summed E-state index contributed by atoms with van der Waals surface area (Å²) in [5.74, 6) is -0.194. The molecule has 2 aliphatic heterocycles. The molecule has 0 unspecified atom stereocenters. The van der Waals surface area contributed by atoms with Crippen molar-refractivity contribution in [2.45, 2.75) is 71.4 Å². The fourth-order valence-corrected chi connectivity index (χ4v) is 5.75. The van der Waals surface area contributed by atoms with Crippen LogP contribution in [0.15, 0.2) is 30.6 Å². The van der Waals surface area contributed by atoms with Gasteiger partial charge in [-0.2, -0.15) is 0 Å². The van der Waals surface area contributed by atoms with Crippen molar-refractivity contribution in [3.8, 4) is 5.75 Å². The Bertz CT molecular complexity index is 1080. The number of rotatable bonds is 5. The van der Waals surface area contributed by atoms with E-state index in [1.54, 1.807) is 12.1 Å². The smallest absolute Gasteiger partial charge is 0.406 e. The van der Waals surface area contributed by atoms with Gasteiger partial charge in [0.2, 0.25) is 0 Å². The summed E-state index contributed by atoms with van der Waals surface area (Å²) in [6, 6.07) is 6.52. The summed E-state index contributed by atoms with van der Waals surface area (Å²) in [6.45, 7) is 14.3. The molecule has 2 atom stereocenters. The number of hydrogen-bond donors (Lipinski definition) is 0. The Kier molecular flexibility index (Phi) is 7.80. The normalized spacial score (nSPS) is 22.1. The second-order valence-electron chi connectivity index (χ2n) is 10.5. The molecule has 2 fully saturated rings. The van der Waals surface area contributed by atoms with Crippen molar-refractivity contribution in [2.24, 2.45) is 0 Å². The molecule has 4 rings (SSSR count). The van der Waals surface area contributed by atoms with Crippen LogP contribution in [0.3, 0.4) is 0 Å². The second kappa shape index (κ2) is 10.6. The van der Waals surface area contributed by atoms with E-state index in [0.29, 0.717) is 30.0 Å². The summed E-state index contributed by atoms with van der Waals surface area (Å²) in [4.78, 5) is 28.5. The van der Waals surface area contributed by atoms with Gasteiger partial charge in [0.25, 0.3) is 5.91 Å². The Balaban J connectivity index is 1.34. The zero-order valence-electron chi connectivity index (χ0n) is 22.2. The van der Waals surface area contributed by atoms with Crippen molar-refractivity contribution >= 4 is 5.91 Å². The molecule has 0 spiro atoms. The first-order valence-electron chi connectivity index (χ1n) is 12.8. The van der Waals surface area contributed by atoms with Crippen LogP contribution in [0.2, 0.25) is 0 Å². The van der Waals surface area contributed by atoms with E-state index in [-0.39, 0.29) is 29.3 Å². The maximum atomic E-state index is 13.2. The minimum absolute atomic E-state index is 0.00816. The van der Waals surface area contributed by atoms with Gasteiger partial charge >= 0.3 is 6.36 Å². The number of halogens is 3. The molecule has 1 aromatic heterocycles. The lowest BCUT2D eigenvalue weighted by Gasteiger charge is -2.52. The van der Waals surface area contributed by atoms with Gasteiger partial charge in [-0.3, -0.25) is 14.6 Å². The maximum Gasteiger partial charge on any atom is 0.573 e. The van der Waals surface area contributed by atoms with Crippen molar-refractivity contribution in [1.82, 2.24) is 24.7 Å². The fraction of sp³-hybridized carbons (Fsp3) is 0.593. The monoisotopic (exact) mass is 519 g/mol. The largest absolute Gasteiger partial charge is 0.573 e. The van der Waals surface area contributed by atoms with Gasteiger partial charge in [0.1, 0.15) is 12.1 Å². The number of nitrogens with zero attached hydrogens (tertiary/aromatic N) is 5. The third-order valence-corrected chi connectivity index (χ3v) is 8.10. The molecule has 1 aromatic carbocycles. The maximum absolute atomic E-state index is 13.2. The number of hydrogen-bond acceptors (Lipinski definition) is 6. The summed E-state index contributed by atoms with van der Waals surface area (Å²) in [5, 5.41) is 0. The van der Waals surface area contributed by atoms with Crippen LogP contribution in [0.25, 0.3) is 0 Å². The number of likely N-dealkylation sites (tertiary alicyclic amines) is 1. The highest BCUT2D eigenvalue weighted by Crippen LogP contribution is 2.34. The number of piperidine rings is 1. The molecule has 0 radical (unpaired) electrons. The number of amides is 1. The minimum atomic E-state index is -4.69. The van der Waals surface area contributed by atoms with E-state index in [4.69, 9.17) is 0 Å². The summed E-state index contributed by atoms with van der Waals surface area (Å²) in [5.41, 5.74) is 3.01. The number of alkyl halides is 3. The molecule has 202 valence electrons. The molecule has 2 aliphatic rings. The van der Waals surface area contributed by atoms with E-state index in [1.165, 1.54) is 18.5 Å². The first-order valence-corrected chi connectivity index (χ1v) is 12.8. The van der Waals surface area contributed by atoms with E-state index >= 15 is 0 Å². The molecular weight excluding hydrogens is 483 g/mol. The zero-order chi connectivity index (χ0) is 27.0. The Morgan fingerprint density at radius 3 is 2.19 bits per heavy atom.